The lowest BCUT2D eigenvalue weighted by atomic mass is 9.99. The molecule has 1 heterocycles. The first-order valence-corrected chi connectivity index (χ1v) is 11.7. The second-order valence-electron chi connectivity index (χ2n) is 9.60. The minimum atomic E-state index is -1.02. The average Bonchev–Trinajstić information content (AvgIpc) is 2.81. The molecule has 0 radical (unpaired) electrons. The third kappa shape index (κ3) is 7.40. The summed E-state index contributed by atoms with van der Waals surface area (Å²) in [5, 5.41) is 15.4. The number of pyridine rings is 1. The van der Waals surface area contributed by atoms with Crippen LogP contribution in [-0.2, 0) is 14.4 Å². The van der Waals surface area contributed by atoms with E-state index >= 15 is 0 Å². The van der Waals surface area contributed by atoms with Crippen LogP contribution in [0.2, 0.25) is 0 Å². The molecule has 0 aliphatic carbocycles. The standard InChI is InChI=1S/C28H32N4O4/c1-19-8-7-9-21(18-19)32(25(35)16-15-24(34)30-23-10-5-6-17-29-23)26(27(36)31-28(2,3)4)20-11-13-22(33)14-12-20/h5-14,17-18,26,33H,15-16H2,1-4H3,(H,31,36)(H,29,30,34)/t26-/m1/s1. The minimum absolute atomic E-state index is 0.0494. The first-order chi connectivity index (χ1) is 17.0. The topological polar surface area (TPSA) is 112 Å². The number of carbonyl (C=O) groups is 3. The van der Waals surface area contributed by atoms with Crippen molar-refractivity contribution >= 4 is 29.2 Å². The number of aryl methyl sites for hydroxylation is 1. The predicted octanol–water partition coefficient (Wildman–Crippen LogP) is 4.50. The summed E-state index contributed by atoms with van der Waals surface area (Å²) in [4.78, 5) is 45.2. The summed E-state index contributed by atoms with van der Waals surface area (Å²) in [6.45, 7) is 7.48. The van der Waals surface area contributed by atoms with Crippen LogP contribution in [0.15, 0.2) is 72.9 Å². The fraction of sp³-hybridized carbons (Fsp3) is 0.286. The van der Waals surface area contributed by atoms with Crippen LogP contribution < -0.4 is 15.5 Å². The maximum Gasteiger partial charge on any atom is 0.248 e. The Bertz CT molecular complexity index is 1200. The Kier molecular flexibility index (Phi) is 8.42. The first kappa shape index (κ1) is 26.4. The Labute approximate surface area is 211 Å². The largest absolute Gasteiger partial charge is 0.508 e. The highest BCUT2D eigenvalue weighted by Gasteiger charge is 2.34. The van der Waals surface area contributed by atoms with Crippen LogP contribution in [0, 0.1) is 6.92 Å². The highest BCUT2D eigenvalue weighted by molar-refractivity contribution is 6.03. The Morgan fingerprint density at radius 1 is 0.972 bits per heavy atom. The molecule has 3 amide bonds. The van der Waals surface area contributed by atoms with Crippen molar-refractivity contribution in [1.29, 1.82) is 0 Å². The van der Waals surface area contributed by atoms with Gasteiger partial charge in [-0.05, 0) is 75.2 Å². The predicted molar refractivity (Wildman–Crippen MR) is 140 cm³/mol. The zero-order chi connectivity index (χ0) is 26.3. The third-order valence-corrected chi connectivity index (χ3v) is 5.26. The van der Waals surface area contributed by atoms with E-state index in [-0.39, 0.29) is 36.3 Å². The average molecular weight is 489 g/mol. The third-order valence-electron chi connectivity index (χ3n) is 5.26. The lowest BCUT2D eigenvalue weighted by molar-refractivity contribution is -0.128. The van der Waals surface area contributed by atoms with E-state index in [1.54, 1.807) is 42.6 Å². The number of aromatic nitrogens is 1. The van der Waals surface area contributed by atoms with Crippen molar-refractivity contribution in [3.63, 3.8) is 0 Å². The molecule has 0 aliphatic heterocycles. The molecular formula is C28H32N4O4. The summed E-state index contributed by atoms with van der Waals surface area (Å²) in [7, 11) is 0. The molecule has 3 aromatic rings. The zero-order valence-electron chi connectivity index (χ0n) is 21.0. The van der Waals surface area contributed by atoms with Gasteiger partial charge in [-0.25, -0.2) is 4.98 Å². The van der Waals surface area contributed by atoms with Crippen molar-refractivity contribution in [2.75, 3.05) is 10.2 Å². The van der Waals surface area contributed by atoms with Gasteiger partial charge < -0.3 is 15.7 Å². The zero-order valence-corrected chi connectivity index (χ0v) is 21.0. The molecule has 0 fully saturated rings. The number of hydrogen-bond acceptors (Lipinski definition) is 5. The minimum Gasteiger partial charge on any atom is -0.508 e. The van der Waals surface area contributed by atoms with Gasteiger partial charge in [0.05, 0.1) is 0 Å². The van der Waals surface area contributed by atoms with Crippen LogP contribution in [-0.4, -0.2) is 33.4 Å². The number of nitrogens with zero attached hydrogens (tertiary/aromatic N) is 2. The van der Waals surface area contributed by atoms with Gasteiger partial charge in [0, 0.05) is 30.3 Å². The van der Waals surface area contributed by atoms with Gasteiger partial charge >= 0.3 is 0 Å². The number of aromatic hydroxyl groups is 1. The summed E-state index contributed by atoms with van der Waals surface area (Å²) >= 11 is 0. The van der Waals surface area contributed by atoms with E-state index in [9.17, 15) is 19.5 Å². The van der Waals surface area contributed by atoms with E-state index in [1.165, 1.54) is 17.0 Å². The Morgan fingerprint density at radius 2 is 1.69 bits per heavy atom. The fourth-order valence-electron chi connectivity index (χ4n) is 3.71. The quantitative estimate of drug-likeness (QED) is 0.432. The molecule has 3 N–H and O–H groups in total. The summed E-state index contributed by atoms with van der Waals surface area (Å²) < 4.78 is 0. The normalized spacial score (nSPS) is 11.9. The molecule has 0 saturated carbocycles. The number of phenolic OH excluding ortho intramolecular Hbond substituents is 1. The summed E-state index contributed by atoms with van der Waals surface area (Å²) in [6.07, 6.45) is 1.36. The number of amides is 3. The molecule has 0 bridgehead atoms. The molecule has 0 unspecified atom stereocenters. The van der Waals surface area contributed by atoms with Crippen LogP contribution in [0.1, 0.15) is 50.8 Å². The van der Waals surface area contributed by atoms with Gasteiger partial charge in [-0.1, -0.05) is 30.3 Å². The molecule has 8 nitrogen and oxygen atoms in total. The molecule has 36 heavy (non-hydrogen) atoms. The van der Waals surface area contributed by atoms with E-state index in [0.29, 0.717) is 17.1 Å². The van der Waals surface area contributed by atoms with Crippen molar-refractivity contribution in [2.24, 2.45) is 0 Å². The highest BCUT2D eigenvalue weighted by Crippen LogP contribution is 2.31. The number of phenols is 1. The maximum atomic E-state index is 13.7. The van der Waals surface area contributed by atoms with Gasteiger partial charge in [0.15, 0.2) is 0 Å². The number of nitrogens with one attached hydrogen (secondary N) is 2. The number of benzene rings is 2. The maximum absolute atomic E-state index is 13.7. The lowest BCUT2D eigenvalue weighted by Gasteiger charge is -2.34. The Balaban J connectivity index is 1.95. The van der Waals surface area contributed by atoms with Crippen LogP contribution in [0.4, 0.5) is 11.5 Å². The molecule has 8 heteroatoms. The van der Waals surface area contributed by atoms with Crippen molar-refractivity contribution in [1.82, 2.24) is 10.3 Å². The first-order valence-electron chi connectivity index (χ1n) is 11.7. The number of anilines is 2. The van der Waals surface area contributed by atoms with Gasteiger partial charge in [-0.2, -0.15) is 0 Å². The summed E-state index contributed by atoms with van der Waals surface area (Å²) in [6, 6.07) is 17.6. The number of hydrogen-bond donors (Lipinski definition) is 3. The van der Waals surface area contributed by atoms with Crippen molar-refractivity contribution in [2.45, 2.75) is 52.1 Å². The van der Waals surface area contributed by atoms with Gasteiger partial charge in [0.2, 0.25) is 17.7 Å². The molecule has 0 aliphatic rings. The van der Waals surface area contributed by atoms with Gasteiger partial charge in [0.1, 0.15) is 17.6 Å². The van der Waals surface area contributed by atoms with Crippen molar-refractivity contribution in [3.8, 4) is 5.75 Å². The van der Waals surface area contributed by atoms with Crippen LogP contribution in [0.5, 0.6) is 5.75 Å². The lowest BCUT2D eigenvalue weighted by Crippen LogP contribution is -2.49. The molecule has 1 atom stereocenters. The van der Waals surface area contributed by atoms with Gasteiger partial charge in [-0.3, -0.25) is 19.3 Å². The molecular weight excluding hydrogens is 456 g/mol. The molecule has 1 aromatic heterocycles. The Morgan fingerprint density at radius 3 is 2.31 bits per heavy atom. The highest BCUT2D eigenvalue weighted by atomic mass is 16.3. The smallest absolute Gasteiger partial charge is 0.248 e. The van der Waals surface area contributed by atoms with E-state index < -0.39 is 11.6 Å². The molecule has 0 saturated heterocycles. The van der Waals surface area contributed by atoms with Crippen LogP contribution in [0.3, 0.4) is 0 Å². The SMILES string of the molecule is Cc1cccc(N(C(=O)CCC(=O)Nc2ccccn2)[C@@H](C(=O)NC(C)(C)C)c2ccc(O)cc2)c1. The fourth-order valence-corrected chi connectivity index (χ4v) is 3.71. The van der Waals surface area contributed by atoms with E-state index in [2.05, 4.69) is 15.6 Å². The number of carbonyl (C=O) groups excluding carboxylic acids is 3. The van der Waals surface area contributed by atoms with Crippen molar-refractivity contribution in [3.05, 3.63) is 84.1 Å². The van der Waals surface area contributed by atoms with E-state index in [4.69, 9.17) is 0 Å². The van der Waals surface area contributed by atoms with Gasteiger partial charge in [-0.15, -0.1) is 0 Å². The number of rotatable bonds is 8. The molecule has 3 rings (SSSR count). The van der Waals surface area contributed by atoms with Crippen LogP contribution >= 0.6 is 0 Å². The molecule has 2 aromatic carbocycles. The second-order valence-corrected chi connectivity index (χ2v) is 9.60. The van der Waals surface area contributed by atoms with E-state index in [1.807, 2.05) is 45.9 Å². The summed E-state index contributed by atoms with van der Waals surface area (Å²) in [5.74, 6) is -0.670. The van der Waals surface area contributed by atoms with E-state index in [0.717, 1.165) is 5.56 Å². The summed E-state index contributed by atoms with van der Waals surface area (Å²) in [5.41, 5.74) is 1.43. The second kappa shape index (κ2) is 11.5. The molecule has 188 valence electrons. The van der Waals surface area contributed by atoms with Crippen LogP contribution in [0.25, 0.3) is 0 Å². The monoisotopic (exact) mass is 488 g/mol. The van der Waals surface area contributed by atoms with Gasteiger partial charge in [0.25, 0.3) is 0 Å². The molecule has 0 spiro atoms. The Hall–Kier alpha value is -4.20. The van der Waals surface area contributed by atoms with Crippen molar-refractivity contribution < 1.29 is 19.5 Å².